The monoisotopic (exact) mass is 258 g/mol. The highest BCUT2D eigenvalue weighted by Crippen LogP contribution is 2.30. The van der Waals surface area contributed by atoms with Crippen LogP contribution in [-0.2, 0) is 15.8 Å². The lowest BCUT2D eigenvalue weighted by Crippen LogP contribution is -2.34. The second-order valence-corrected chi connectivity index (χ2v) is 6.52. The zero-order valence-corrected chi connectivity index (χ0v) is 10.8. The van der Waals surface area contributed by atoms with Crippen LogP contribution in [0.15, 0.2) is 16.9 Å². The van der Waals surface area contributed by atoms with E-state index in [9.17, 15) is 8.42 Å². The molecule has 5 nitrogen and oxygen atoms in total. The van der Waals surface area contributed by atoms with Crippen LogP contribution in [0.3, 0.4) is 0 Å². The van der Waals surface area contributed by atoms with E-state index in [0.717, 1.165) is 19.3 Å². The lowest BCUT2D eigenvalue weighted by atomic mass is 10.4. The quantitative estimate of drug-likeness (QED) is 0.745. The Morgan fingerprint density at radius 3 is 2.82 bits per heavy atom. The molecular weight excluding hydrogens is 240 g/mol. The van der Waals surface area contributed by atoms with Crippen molar-refractivity contribution in [3.63, 3.8) is 0 Å². The SMILES string of the molecule is CCCN(CC1CC1)S(=O)(=O)Cc1ccon1. The average Bonchev–Trinajstić information content (AvgIpc) is 2.94. The van der Waals surface area contributed by atoms with Gasteiger partial charge in [-0.3, -0.25) is 0 Å². The van der Waals surface area contributed by atoms with Crippen LogP contribution in [0, 0.1) is 5.92 Å². The summed E-state index contributed by atoms with van der Waals surface area (Å²) in [5.74, 6) is 0.504. The van der Waals surface area contributed by atoms with Gasteiger partial charge in [0.2, 0.25) is 10.0 Å². The first-order valence-corrected chi connectivity index (χ1v) is 7.60. The molecule has 0 N–H and O–H groups in total. The second-order valence-electron chi connectivity index (χ2n) is 4.55. The number of hydrogen-bond donors (Lipinski definition) is 0. The topological polar surface area (TPSA) is 63.4 Å². The lowest BCUT2D eigenvalue weighted by Gasteiger charge is -2.20. The summed E-state index contributed by atoms with van der Waals surface area (Å²) < 4.78 is 30.6. The molecule has 17 heavy (non-hydrogen) atoms. The van der Waals surface area contributed by atoms with Crippen LogP contribution >= 0.6 is 0 Å². The Kier molecular flexibility index (Phi) is 3.83. The molecule has 0 aliphatic heterocycles. The fourth-order valence-electron chi connectivity index (χ4n) is 1.77. The lowest BCUT2D eigenvalue weighted by molar-refractivity contribution is 0.391. The van der Waals surface area contributed by atoms with Gasteiger partial charge in [0.25, 0.3) is 0 Å². The van der Waals surface area contributed by atoms with E-state index in [1.165, 1.54) is 6.26 Å². The molecule has 1 aromatic rings. The minimum absolute atomic E-state index is 0.0593. The van der Waals surface area contributed by atoms with Gasteiger partial charge in [-0.25, -0.2) is 12.7 Å². The molecule has 1 aliphatic carbocycles. The minimum atomic E-state index is -3.25. The zero-order chi connectivity index (χ0) is 12.3. The summed E-state index contributed by atoms with van der Waals surface area (Å²) in [6.07, 6.45) is 4.54. The summed E-state index contributed by atoms with van der Waals surface area (Å²) in [5.41, 5.74) is 0.474. The van der Waals surface area contributed by atoms with Crippen LogP contribution in [0.5, 0.6) is 0 Å². The van der Waals surface area contributed by atoms with E-state index in [1.54, 1.807) is 10.4 Å². The largest absolute Gasteiger partial charge is 0.364 e. The van der Waals surface area contributed by atoms with Crippen molar-refractivity contribution in [2.75, 3.05) is 13.1 Å². The van der Waals surface area contributed by atoms with Crippen LogP contribution in [-0.4, -0.2) is 31.0 Å². The molecule has 0 radical (unpaired) electrons. The molecule has 1 heterocycles. The van der Waals surface area contributed by atoms with Crippen LogP contribution in [0.4, 0.5) is 0 Å². The molecule has 6 heteroatoms. The Labute approximate surface area is 102 Å². The van der Waals surface area contributed by atoms with Crippen LogP contribution < -0.4 is 0 Å². The van der Waals surface area contributed by atoms with E-state index in [-0.39, 0.29) is 5.75 Å². The summed E-state index contributed by atoms with van der Waals surface area (Å²) >= 11 is 0. The molecule has 0 bridgehead atoms. The highest BCUT2D eigenvalue weighted by atomic mass is 32.2. The molecule has 1 saturated carbocycles. The Hall–Kier alpha value is -0.880. The van der Waals surface area contributed by atoms with E-state index in [2.05, 4.69) is 9.68 Å². The van der Waals surface area contributed by atoms with Crippen molar-refractivity contribution in [2.45, 2.75) is 31.9 Å². The van der Waals surface area contributed by atoms with Crippen molar-refractivity contribution < 1.29 is 12.9 Å². The third-order valence-corrected chi connectivity index (χ3v) is 4.63. The van der Waals surface area contributed by atoms with Crippen molar-refractivity contribution >= 4 is 10.0 Å². The normalized spacial score (nSPS) is 16.6. The van der Waals surface area contributed by atoms with Crippen molar-refractivity contribution in [3.8, 4) is 0 Å². The fourth-order valence-corrected chi connectivity index (χ4v) is 3.38. The summed E-state index contributed by atoms with van der Waals surface area (Å²) in [6.45, 7) is 3.25. The van der Waals surface area contributed by atoms with E-state index < -0.39 is 10.0 Å². The molecular formula is C11H18N2O3S. The molecule has 0 atom stereocenters. The third kappa shape index (κ3) is 3.54. The highest BCUT2D eigenvalue weighted by Gasteiger charge is 2.30. The Bertz CT molecular complexity index is 437. The molecule has 0 saturated heterocycles. The predicted octanol–water partition coefficient (Wildman–Crippen LogP) is 1.63. The van der Waals surface area contributed by atoms with Gasteiger partial charge in [0.15, 0.2) is 0 Å². The molecule has 0 amide bonds. The number of hydrogen-bond acceptors (Lipinski definition) is 4. The first-order chi connectivity index (χ1) is 8.12. The predicted molar refractivity (Wildman–Crippen MR) is 63.7 cm³/mol. The van der Waals surface area contributed by atoms with Gasteiger partial charge in [0.05, 0.1) is 5.69 Å². The second kappa shape index (κ2) is 5.18. The summed E-state index contributed by atoms with van der Waals surface area (Å²) in [5, 5.41) is 3.66. The average molecular weight is 258 g/mol. The maximum absolute atomic E-state index is 12.2. The maximum atomic E-state index is 12.2. The molecule has 1 aromatic heterocycles. The Morgan fingerprint density at radius 2 is 2.29 bits per heavy atom. The van der Waals surface area contributed by atoms with Gasteiger partial charge in [-0.15, -0.1) is 0 Å². The first kappa shape index (κ1) is 12.6. The molecule has 0 aromatic carbocycles. The molecule has 1 aliphatic rings. The third-order valence-electron chi connectivity index (χ3n) is 2.85. The first-order valence-electron chi connectivity index (χ1n) is 5.99. The van der Waals surface area contributed by atoms with Gasteiger partial charge < -0.3 is 4.52 Å². The summed E-state index contributed by atoms with van der Waals surface area (Å²) in [4.78, 5) is 0. The van der Waals surface area contributed by atoms with Crippen LogP contribution in [0.1, 0.15) is 31.9 Å². The van der Waals surface area contributed by atoms with Gasteiger partial charge in [-0.1, -0.05) is 12.1 Å². The smallest absolute Gasteiger partial charge is 0.219 e. The van der Waals surface area contributed by atoms with Crippen LogP contribution in [0.2, 0.25) is 0 Å². The Balaban J connectivity index is 2.03. The summed E-state index contributed by atoms with van der Waals surface area (Å²) in [7, 11) is -3.25. The van der Waals surface area contributed by atoms with Crippen molar-refractivity contribution in [3.05, 3.63) is 18.0 Å². The standard InChI is InChI=1S/C11H18N2O3S/c1-2-6-13(8-10-3-4-10)17(14,15)9-11-5-7-16-12-11/h5,7,10H,2-4,6,8-9H2,1H3. The zero-order valence-electron chi connectivity index (χ0n) is 10.0. The minimum Gasteiger partial charge on any atom is -0.364 e. The van der Waals surface area contributed by atoms with Crippen molar-refractivity contribution in [1.29, 1.82) is 0 Å². The van der Waals surface area contributed by atoms with E-state index in [0.29, 0.717) is 24.7 Å². The number of aromatic nitrogens is 1. The highest BCUT2D eigenvalue weighted by molar-refractivity contribution is 7.88. The van der Waals surface area contributed by atoms with E-state index in [4.69, 9.17) is 0 Å². The molecule has 96 valence electrons. The number of nitrogens with zero attached hydrogens (tertiary/aromatic N) is 2. The molecule has 0 unspecified atom stereocenters. The van der Waals surface area contributed by atoms with E-state index >= 15 is 0 Å². The molecule has 0 spiro atoms. The van der Waals surface area contributed by atoms with Gasteiger partial charge in [-0.2, -0.15) is 0 Å². The molecule has 2 rings (SSSR count). The van der Waals surface area contributed by atoms with Crippen LogP contribution in [0.25, 0.3) is 0 Å². The summed E-state index contributed by atoms with van der Waals surface area (Å²) in [6, 6.07) is 1.60. The van der Waals surface area contributed by atoms with Crippen molar-refractivity contribution in [2.24, 2.45) is 5.92 Å². The van der Waals surface area contributed by atoms with Gasteiger partial charge in [0.1, 0.15) is 12.0 Å². The fraction of sp³-hybridized carbons (Fsp3) is 0.727. The van der Waals surface area contributed by atoms with Gasteiger partial charge in [0, 0.05) is 19.2 Å². The van der Waals surface area contributed by atoms with Gasteiger partial charge in [-0.05, 0) is 25.2 Å². The van der Waals surface area contributed by atoms with E-state index in [1.807, 2.05) is 6.92 Å². The van der Waals surface area contributed by atoms with Gasteiger partial charge >= 0.3 is 0 Å². The van der Waals surface area contributed by atoms with Crippen molar-refractivity contribution in [1.82, 2.24) is 9.46 Å². The number of rotatable bonds is 7. The molecule has 1 fully saturated rings. The number of sulfonamides is 1. The Morgan fingerprint density at radius 1 is 1.53 bits per heavy atom. The maximum Gasteiger partial charge on any atom is 0.219 e.